The van der Waals surface area contributed by atoms with Gasteiger partial charge in [-0.3, -0.25) is 0 Å². The Bertz CT molecular complexity index is 2960. The zero-order chi connectivity index (χ0) is 39.5. The summed E-state index contributed by atoms with van der Waals surface area (Å²) in [5.74, 6) is 0. The zero-order valence-electron chi connectivity index (χ0n) is 32.1. The van der Waals surface area contributed by atoms with Crippen molar-refractivity contribution >= 4 is 51.2 Å². The molecule has 0 N–H and O–H groups in total. The number of rotatable bonds is 9. The first-order valence-corrected chi connectivity index (χ1v) is 21.0. The molecule has 0 aliphatic rings. The first-order valence-electron chi connectivity index (χ1n) is 19.7. The normalized spacial score (nSPS) is 11.1. The maximum Gasteiger partial charge on any atom is 0.124 e. The van der Waals surface area contributed by atoms with Crippen LogP contribution < -0.4 is 4.90 Å². The molecule has 0 amide bonds. The van der Waals surface area contributed by atoms with Crippen molar-refractivity contribution in [1.82, 2.24) is 4.98 Å². The van der Waals surface area contributed by atoms with Gasteiger partial charge >= 0.3 is 0 Å². The van der Waals surface area contributed by atoms with Crippen molar-refractivity contribution in [3.8, 4) is 66.2 Å². The Balaban J connectivity index is 1.04. The summed E-state index contributed by atoms with van der Waals surface area (Å²) >= 11 is 6.67. The molecule has 2 nitrogen and oxygen atoms in total. The third kappa shape index (κ3) is 7.60. The fourth-order valence-corrected chi connectivity index (χ4v) is 9.09. The van der Waals surface area contributed by atoms with Gasteiger partial charge in [-0.2, -0.15) is 0 Å². The summed E-state index contributed by atoms with van der Waals surface area (Å²) in [4.78, 5) is 8.22. The number of benzene rings is 9. The van der Waals surface area contributed by atoms with Crippen LogP contribution in [-0.4, -0.2) is 4.98 Å². The van der Waals surface area contributed by atoms with Crippen molar-refractivity contribution < 1.29 is 0 Å². The van der Waals surface area contributed by atoms with E-state index in [2.05, 4.69) is 223 Å². The molecule has 0 atom stereocenters. The fourth-order valence-electron chi connectivity index (χ4n) is 7.78. The molecule has 0 bridgehead atoms. The van der Waals surface area contributed by atoms with E-state index in [0.717, 1.165) is 76.1 Å². The highest BCUT2D eigenvalue weighted by atomic mass is 32.1. The second-order valence-corrected chi connectivity index (χ2v) is 16.1. The van der Waals surface area contributed by atoms with Crippen molar-refractivity contribution in [1.29, 1.82) is 0 Å². The molecule has 9 aromatic carbocycles. The maximum absolute atomic E-state index is 4.96. The highest BCUT2D eigenvalue weighted by Gasteiger charge is 2.17. The minimum atomic E-state index is 0.913. The van der Waals surface area contributed by atoms with Gasteiger partial charge in [0.05, 0.1) is 10.2 Å². The Morgan fingerprint density at radius 2 is 0.763 bits per heavy atom. The van der Waals surface area contributed by atoms with Crippen LogP contribution in [0.3, 0.4) is 0 Å². The number of nitrogens with zero attached hydrogens (tertiary/aromatic N) is 2. The van der Waals surface area contributed by atoms with Crippen LogP contribution in [0.1, 0.15) is 0 Å². The topological polar surface area (TPSA) is 16.1 Å². The highest BCUT2D eigenvalue weighted by molar-refractivity contribution is 7.80. The maximum atomic E-state index is 4.96. The molecule has 280 valence electrons. The van der Waals surface area contributed by atoms with E-state index >= 15 is 0 Å². The molecule has 10 aromatic rings. The Labute approximate surface area is 354 Å². The van der Waals surface area contributed by atoms with Crippen LogP contribution in [0.25, 0.3) is 76.4 Å². The van der Waals surface area contributed by atoms with E-state index in [-0.39, 0.29) is 0 Å². The Morgan fingerprint density at radius 3 is 1.31 bits per heavy atom. The number of anilines is 3. The second kappa shape index (κ2) is 16.1. The third-order valence-electron chi connectivity index (χ3n) is 10.8. The van der Waals surface area contributed by atoms with E-state index in [0.29, 0.717) is 0 Å². The monoisotopic (exact) mass is 790 g/mol. The van der Waals surface area contributed by atoms with Crippen LogP contribution in [0.4, 0.5) is 17.1 Å². The number of thiol groups is 1. The van der Waals surface area contributed by atoms with Crippen LogP contribution >= 0.6 is 24.0 Å². The first-order chi connectivity index (χ1) is 29.1. The van der Waals surface area contributed by atoms with Gasteiger partial charge in [0.15, 0.2) is 0 Å². The molecule has 59 heavy (non-hydrogen) atoms. The average molecular weight is 791 g/mol. The van der Waals surface area contributed by atoms with Crippen LogP contribution in [0.15, 0.2) is 229 Å². The van der Waals surface area contributed by atoms with Gasteiger partial charge in [-0.1, -0.05) is 164 Å². The van der Waals surface area contributed by atoms with E-state index < -0.39 is 0 Å². The first kappa shape index (κ1) is 36.4. The molecule has 1 heterocycles. The van der Waals surface area contributed by atoms with Crippen molar-refractivity contribution in [3.05, 3.63) is 224 Å². The van der Waals surface area contributed by atoms with Gasteiger partial charge in [0.25, 0.3) is 0 Å². The molecule has 0 spiro atoms. The zero-order valence-corrected chi connectivity index (χ0v) is 33.8. The van der Waals surface area contributed by atoms with E-state index in [4.69, 9.17) is 17.6 Å². The predicted molar refractivity (Wildman–Crippen MR) is 254 cm³/mol. The molecule has 10 rings (SSSR count). The number of hydrogen-bond acceptors (Lipinski definition) is 4. The molecule has 0 aliphatic carbocycles. The third-order valence-corrected chi connectivity index (χ3v) is 12.2. The van der Waals surface area contributed by atoms with Gasteiger partial charge in [0.1, 0.15) is 5.01 Å². The molecule has 0 aliphatic heterocycles. The quantitative estimate of drug-likeness (QED) is 0.147. The molecule has 1 aromatic heterocycles. The van der Waals surface area contributed by atoms with Gasteiger partial charge in [-0.25, -0.2) is 4.98 Å². The lowest BCUT2D eigenvalue weighted by Gasteiger charge is -2.27. The minimum Gasteiger partial charge on any atom is -0.310 e. The van der Waals surface area contributed by atoms with Crippen molar-refractivity contribution in [2.45, 2.75) is 4.90 Å². The number of thiazole rings is 1. The summed E-state index contributed by atoms with van der Waals surface area (Å²) in [7, 11) is 0. The van der Waals surface area contributed by atoms with Crippen LogP contribution in [0.2, 0.25) is 0 Å². The summed E-state index contributed by atoms with van der Waals surface area (Å²) in [6, 6.07) is 80.1. The van der Waals surface area contributed by atoms with E-state index in [9.17, 15) is 0 Å². The number of fused-ring (bicyclic) bond motifs is 1. The van der Waals surface area contributed by atoms with Crippen LogP contribution in [0, 0.1) is 0 Å². The lowest BCUT2D eigenvalue weighted by molar-refractivity contribution is 1.28. The fraction of sp³-hybridized carbons (Fsp3) is 0. The van der Waals surface area contributed by atoms with Crippen molar-refractivity contribution in [2.75, 3.05) is 4.90 Å². The summed E-state index contributed by atoms with van der Waals surface area (Å²) in [5.41, 5.74) is 16.9. The molecule has 0 saturated heterocycles. The van der Waals surface area contributed by atoms with Crippen molar-refractivity contribution in [3.63, 3.8) is 0 Å². The standard InChI is InChI=1S/C55H38N2S2/c58-53-37-52-54(59-55(56-52)43-20-11-4-12-21-43)36-51(53)45-23-13-22-44(32-45)42-26-30-49(31-27-42)57(48-28-24-41(25-29-48)38-14-5-1-6-15-38)50-34-46(39-16-7-2-8-17-39)33-47(35-50)40-18-9-3-10-19-40/h1-37,58H. The minimum absolute atomic E-state index is 0.913. The smallest absolute Gasteiger partial charge is 0.124 e. The Kier molecular flexibility index (Phi) is 9.93. The summed E-state index contributed by atoms with van der Waals surface area (Å²) in [6.45, 7) is 0. The molecule has 0 fully saturated rings. The number of hydrogen-bond donors (Lipinski definition) is 1. The van der Waals surface area contributed by atoms with Crippen LogP contribution in [-0.2, 0) is 0 Å². The molecular weight excluding hydrogens is 753 g/mol. The molecular formula is C55H38N2S2. The number of aromatic nitrogens is 1. The molecule has 0 saturated carbocycles. The lowest BCUT2D eigenvalue weighted by atomic mass is 9.96. The van der Waals surface area contributed by atoms with E-state index in [1.807, 2.05) is 6.07 Å². The Morgan fingerprint density at radius 1 is 0.339 bits per heavy atom. The average Bonchev–Trinajstić information content (AvgIpc) is 3.73. The van der Waals surface area contributed by atoms with E-state index in [1.165, 1.54) is 22.3 Å². The Hall–Kier alpha value is -6.98. The summed E-state index contributed by atoms with van der Waals surface area (Å²) < 4.78 is 1.15. The van der Waals surface area contributed by atoms with Gasteiger partial charge < -0.3 is 4.90 Å². The highest BCUT2D eigenvalue weighted by Crippen LogP contribution is 2.42. The van der Waals surface area contributed by atoms with E-state index in [1.54, 1.807) is 11.3 Å². The summed E-state index contributed by atoms with van der Waals surface area (Å²) in [5, 5.41) is 1.02. The van der Waals surface area contributed by atoms with Crippen molar-refractivity contribution in [2.24, 2.45) is 0 Å². The molecule has 0 unspecified atom stereocenters. The largest absolute Gasteiger partial charge is 0.310 e. The van der Waals surface area contributed by atoms with Gasteiger partial charge in [-0.05, 0) is 116 Å². The second-order valence-electron chi connectivity index (χ2n) is 14.6. The SMILES string of the molecule is Sc1cc2nc(-c3ccccc3)sc2cc1-c1cccc(-c2ccc(N(c3ccc(-c4ccccc4)cc3)c3cc(-c4ccccc4)cc(-c4ccccc4)c3)cc2)c1. The van der Waals surface area contributed by atoms with Gasteiger partial charge in [-0.15, -0.1) is 24.0 Å². The molecule has 4 heteroatoms. The molecule has 0 radical (unpaired) electrons. The summed E-state index contributed by atoms with van der Waals surface area (Å²) in [6.07, 6.45) is 0. The lowest BCUT2D eigenvalue weighted by Crippen LogP contribution is -2.10. The van der Waals surface area contributed by atoms with Gasteiger partial charge in [0.2, 0.25) is 0 Å². The van der Waals surface area contributed by atoms with Gasteiger partial charge in [0, 0.05) is 27.5 Å². The van der Waals surface area contributed by atoms with Crippen LogP contribution in [0.5, 0.6) is 0 Å². The predicted octanol–water partition coefficient (Wildman–Crippen LogP) is 16.1.